The van der Waals surface area contributed by atoms with Crippen molar-refractivity contribution in [1.29, 1.82) is 0 Å². The van der Waals surface area contributed by atoms with Crippen LogP contribution in [0.3, 0.4) is 0 Å². The monoisotopic (exact) mass is 3130 g/mol. The van der Waals surface area contributed by atoms with E-state index in [0.717, 1.165) is 11.0 Å². The molecule has 0 spiro atoms. The first-order valence-corrected chi connectivity index (χ1v) is 70.4. The molecule has 669 valence electrons. The third-order valence-corrected chi connectivity index (χ3v) is 33.8. The Morgan fingerprint density at radius 3 is 1.25 bits per heavy atom. The number of nitrogens with zero attached hydrogens (tertiary/aromatic N) is 15. The minimum atomic E-state index is -0.742. The van der Waals surface area contributed by atoms with Gasteiger partial charge in [-0.25, -0.2) is 0 Å². The quantitative estimate of drug-likeness (QED) is 0.0245. The zero-order chi connectivity index (χ0) is 86.9. The van der Waals surface area contributed by atoms with E-state index in [1.807, 2.05) is 76.8 Å². The Kier molecular flexibility index (Phi) is 48.7. The number of nitrogens with two attached hydrogens (primary N) is 6. The molecule has 2 amide bonds. The van der Waals surface area contributed by atoms with Gasteiger partial charge in [-0.2, -0.15) is 0 Å². The third-order valence-electron chi connectivity index (χ3n) is 22.0. The van der Waals surface area contributed by atoms with Gasteiger partial charge in [-0.05, 0) is 6.92 Å². The van der Waals surface area contributed by atoms with Gasteiger partial charge in [-0.1, -0.05) is 0 Å². The van der Waals surface area contributed by atoms with E-state index in [4.69, 9.17) is 143 Å². The Balaban J connectivity index is 0.000000271. The first-order valence-electron chi connectivity index (χ1n) is 37.4. The van der Waals surface area contributed by atoms with Crippen LogP contribution in [0.2, 0.25) is 0 Å². The Hall–Kier alpha value is 4.20. The van der Waals surface area contributed by atoms with Gasteiger partial charge in [-0.15, -0.1) is 0 Å². The van der Waals surface area contributed by atoms with Crippen LogP contribution in [-0.2, 0) is 304 Å². The van der Waals surface area contributed by atoms with Crippen LogP contribution >= 0.6 is 86.9 Å². The normalized spacial score (nSPS) is 31.8. The smallest absolute Gasteiger partial charge is 0 e. The number of hydrogen-bond donors (Lipinski definition) is 7. The SMILES string of the molecule is CCOc1nc(N)nc2c1ncn2[C@@H]1O[C@H](CO[PH](C)=[W])[C@@H](C)[C@@]1(C)Cl.C[C@@H]1[C@@H](CO[PH](C)=[W])O[C@@H](N2C=CC(N)NC2=O)[C@]1(C)Cl.C[C@@H]1[C@@H](CO[PH](C)=[W])O[C@@H](n2cc(F)c3c(N)ncnc32)[C@]1(C)Cl.C[C@@H]1[C@@H](CO[PH](C)=[W])O[C@@H](n2ccc3c(N)ncnc32)[C@]1(C)Cl.C[C@@H]1[C@@H](CO[PH](C)=[W])O[C@@H](n2cnc3c(N)nc(N)nc32)[C@]1(C)Cl.[Y].[Y].[Y].[Y].[Y]. The molecule has 5 fully saturated rings. The maximum Gasteiger partial charge on any atom is 0 e. The number of carbonyl (C=O) groups is 1. The van der Waals surface area contributed by atoms with E-state index in [1.54, 1.807) is 34.1 Å². The number of carbonyl (C=O) groups excluding carboxylic acids is 1. The topological polar surface area (TPSA) is 439 Å². The summed E-state index contributed by atoms with van der Waals surface area (Å²) in [6.07, 6.45) is 9.35. The Morgan fingerprint density at radius 2 is 0.846 bits per heavy atom. The first kappa shape index (κ1) is 118. The van der Waals surface area contributed by atoms with Crippen molar-refractivity contribution in [2.24, 2.45) is 35.3 Å². The summed E-state index contributed by atoms with van der Waals surface area (Å²) >= 11 is 41.5. The van der Waals surface area contributed by atoms with Gasteiger partial charge in [0.25, 0.3) is 0 Å². The van der Waals surface area contributed by atoms with Gasteiger partial charge < -0.3 is 0 Å². The third kappa shape index (κ3) is 27.9. The molecule has 5 saturated heterocycles. The zero-order valence-corrected chi connectivity index (χ0v) is 108. The van der Waals surface area contributed by atoms with E-state index in [9.17, 15) is 9.18 Å². The number of imidazole rings is 2. The second kappa shape index (κ2) is 50.9. The predicted molar refractivity (Wildman–Crippen MR) is 449 cm³/mol. The van der Waals surface area contributed by atoms with Crippen LogP contribution in [0.25, 0.3) is 44.4 Å². The second-order valence-electron chi connectivity index (χ2n) is 30.1. The molecule has 34 nitrogen and oxygen atoms in total. The van der Waals surface area contributed by atoms with Crippen LogP contribution in [0.15, 0.2) is 56.0 Å². The number of nitrogens with one attached hydrogen (secondary N) is 1. The fourth-order valence-electron chi connectivity index (χ4n) is 14.2. The predicted octanol–water partition coefficient (Wildman–Crippen LogP) is 11.4. The number of anilines is 5. The molecule has 13 N–H and O–H groups in total. The van der Waals surface area contributed by atoms with Gasteiger partial charge >= 0.3 is 765 Å². The molecule has 6 unspecified atom stereocenters. The number of alkyl halides is 5. The Labute approximate surface area is 921 Å². The first-order chi connectivity index (χ1) is 55.2. The molecular weight excluding hydrogens is 3030 g/mol. The van der Waals surface area contributed by atoms with Crippen molar-refractivity contribution >= 4 is 167 Å². The number of fused-ring (bicyclic) bond motifs is 4. The van der Waals surface area contributed by atoms with Gasteiger partial charge in [0, 0.05) is 164 Å². The molecule has 26 atom stereocenters. The minimum Gasteiger partial charge on any atom is 0 e. The number of ether oxygens (including phenoxy) is 6. The summed E-state index contributed by atoms with van der Waals surface area (Å²) < 4.78 is 87.1. The van der Waals surface area contributed by atoms with E-state index in [2.05, 4.69) is 109 Å². The molecule has 14 heterocycles. The molecule has 8 aromatic rings. The van der Waals surface area contributed by atoms with Gasteiger partial charge in [-0.3, -0.25) is 0 Å². The fraction of sp³-hybridized carbons (Fsp3) is 0.632. The second-order valence-corrected chi connectivity index (χ2v) is 71.5. The molecule has 0 aliphatic carbocycles. The number of rotatable bonds is 22. The van der Waals surface area contributed by atoms with Crippen molar-refractivity contribution in [3.63, 3.8) is 0 Å². The van der Waals surface area contributed by atoms with Crippen LogP contribution in [0.1, 0.15) is 101 Å². The molecule has 5 radical (unpaired) electrons. The molecule has 55 heteroatoms. The van der Waals surface area contributed by atoms with E-state index in [-0.39, 0.29) is 265 Å². The fourth-order valence-corrected chi connectivity index (χ4v) is 21.3. The molecule has 0 aromatic carbocycles. The maximum absolute atomic E-state index is 14.3. The summed E-state index contributed by atoms with van der Waals surface area (Å²) in [5.41, 5.74) is 38.0. The van der Waals surface area contributed by atoms with E-state index < -0.39 is 90.2 Å². The summed E-state index contributed by atoms with van der Waals surface area (Å²) in [7, 11) is 0. The summed E-state index contributed by atoms with van der Waals surface area (Å²) in [6.45, 7) is 35.7. The van der Waals surface area contributed by atoms with Crippen LogP contribution in [0, 0.1) is 35.4 Å². The number of hydrogen-bond acceptors (Lipinski definition) is 28. The minimum absolute atomic E-state index is 0. The van der Waals surface area contributed by atoms with Crippen molar-refractivity contribution in [2.45, 2.75) is 168 Å². The van der Waals surface area contributed by atoms with Crippen LogP contribution in [-0.4, -0.2) is 219 Å². The van der Waals surface area contributed by atoms with Crippen LogP contribution < -0.4 is 44.5 Å². The van der Waals surface area contributed by atoms with Crippen molar-refractivity contribution < 1.29 is 318 Å². The summed E-state index contributed by atoms with van der Waals surface area (Å²) in [6, 6.07) is 1.61. The largest absolute Gasteiger partial charge is 0 e. The number of urea groups is 1. The summed E-state index contributed by atoms with van der Waals surface area (Å²) in [4.78, 5) is 52.1. The van der Waals surface area contributed by atoms with Crippen molar-refractivity contribution in [1.82, 2.24) is 78.3 Å². The molecule has 14 rings (SSSR count). The molecule has 8 aromatic heterocycles. The average Bonchev–Trinajstić information content (AvgIpc) is 1.53. The Morgan fingerprint density at radius 1 is 0.488 bits per heavy atom. The van der Waals surface area contributed by atoms with Crippen LogP contribution in [0.5, 0.6) is 5.88 Å². The summed E-state index contributed by atoms with van der Waals surface area (Å²) in [5, 5.41) is 3.64. The molecule has 0 bridgehead atoms. The van der Waals surface area contributed by atoms with Crippen molar-refractivity contribution in [2.75, 3.05) is 102 Å². The van der Waals surface area contributed by atoms with Gasteiger partial charge in [0.2, 0.25) is 0 Å². The van der Waals surface area contributed by atoms with Gasteiger partial charge in [0.1, 0.15) is 0 Å². The summed E-state index contributed by atoms with van der Waals surface area (Å²) in [5.74, 6) is -2.22. The van der Waals surface area contributed by atoms with E-state index in [0.29, 0.717) is 79.3 Å². The molecule has 6 aliphatic rings. The van der Waals surface area contributed by atoms with E-state index >= 15 is 0 Å². The average molecular weight is 3140 g/mol. The van der Waals surface area contributed by atoms with Gasteiger partial charge in [0.15, 0.2) is 0 Å². The molecular formula is C68H103Cl5FN22O12P5W5Y5. The number of aromatic nitrogens is 14. The maximum atomic E-state index is 14.3. The number of nitrogen functional groups attached to an aromatic ring is 5. The van der Waals surface area contributed by atoms with Crippen molar-refractivity contribution in [3.8, 4) is 5.88 Å². The standard InChI is InChI=1S/C15H23ClN5O3P.C14H19ClFN4O2P.C14H20ClN4O2P.C13H20ClN6O2P.C12H21ClN3O3P.5W.5Y/c1-5-22-12-10-11(19-14(17)20-12)21(7-18-10)13-15(3,16)8(2)9(24-13)6-23-25-4;1-7-9(5-21-23-3)22-13(14(7,2)15)20-4-8(16)10-11(17)18-6-19-12(10)20;1-8-10(6-20-22-3)21-13(14(8,2)15)19-5-4-9-11(16)17-7-18-12(9)19;1-6-7(4-21-23-3)22-11(13(6,2)14)20-5-17-8-9(15)18-12(16)19-10(8)20;1-7-8(6-18-20-3)19-10(12(7,2)13)16-5-4-9(14)15-11(16)17;;;;;;;;;;/h7-9,13,25H,5-6H2,1-4H3,(H2,17,19,20);4,6-7,9,13,23H,5H2,1-3H3,(H2,17,18,19);4-5,7-8,10,13,22H,6H2,1-3H3,(H2,16,17,18);5-7,11,23H,4H2,1-3H3,(H4,15,16,18,19);4-5,7-10,20H,6,14H2,1-3H3,(H,15,17);;;;;;;;;;/t8-,9-,13-,15-;7-,9-,13-,14-;8-,10-,13-,14-;6-,7-,11-,13-;7-,8-,9?,10-,12-;;;;;;;;;;/m11111........../s1. The number of amides is 2. The Bertz CT molecular complexity index is 5100. The molecule has 123 heavy (non-hydrogen) atoms. The number of halogens is 6. The zero-order valence-electron chi connectivity index (χ0n) is 70.4. The van der Waals surface area contributed by atoms with Crippen LogP contribution in [0.4, 0.5) is 38.5 Å². The van der Waals surface area contributed by atoms with E-state index in [1.165, 1.54) is 118 Å². The van der Waals surface area contributed by atoms with Gasteiger partial charge in [0.05, 0.1) is 0 Å². The van der Waals surface area contributed by atoms with Crippen molar-refractivity contribution in [3.05, 3.63) is 61.9 Å². The molecule has 0 saturated carbocycles. The molecule has 6 aliphatic heterocycles.